The number of fused-ring (bicyclic) bond motifs is 1. The third-order valence-corrected chi connectivity index (χ3v) is 2.60. The molecule has 5 heteroatoms. The average Bonchev–Trinajstić information content (AvgIpc) is 2.80. The average molecular weight is 228 g/mol. The fraction of sp³-hybridized carbons (Fsp3) is 0.0833. The number of nitrogens with zero attached hydrogens (tertiary/aromatic N) is 3. The van der Waals surface area contributed by atoms with Gasteiger partial charge in [0.05, 0.1) is 6.33 Å². The van der Waals surface area contributed by atoms with E-state index in [1.54, 1.807) is 12.1 Å². The summed E-state index contributed by atoms with van der Waals surface area (Å²) in [7, 11) is 0. The van der Waals surface area contributed by atoms with Crippen molar-refractivity contribution >= 4 is 11.2 Å². The van der Waals surface area contributed by atoms with E-state index in [2.05, 4.69) is 19.9 Å². The number of hydrogen-bond acceptors (Lipinski definition) is 3. The van der Waals surface area contributed by atoms with E-state index in [1.807, 2.05) is 6.92 Å². The number of rotatable bonds is 1. The van der Waals surface area contributed by atoms with Gasteiger partial charge < -0.3 is 4.98 Å². The molecule has 84 valence electrons. The number of hydrogen-bond donors (Lipinski definition) is 1. The van der Waals surface area contributed by atoms with Crippen molar-refractivity contribution in [1.82, 2.24) is 19.9 Å². The molecule has 0 atom stereocenters. The second kappa shape index (κ2) is 3.62. The van der Waals surface area contributed by atoms with Crippen LogP contribution in [0.4, 0.5) is 4.39 Å². The maximum Gasteiger partial charge on any atom is 0.181 e. The number of H-pyrrole nitrogens is 1. The zero-order valence-corrected chi connectivity index (χ0v) is 9.11. The van der Waals surface area contributed by atoms with E-state index in [4.69, 9.17) is 0 Å². The molecule has 3 aromatic rings. The maximum atomic E-state index is 13.8. The summed E-state index contributed by atoms with van der Waals surface area (Å²) in [6.07, 6.45) is 2.91. The number of aromatic nitrogens is 4. The standard InChI is InChI=1S/C12H9FN4/c1-7-2-3-9(13)8(4-7)10-11-12(16-5-14-10)17-6-15-11/h2-6H,1H3,(H,14,15,16,17). The van der Waals surface area contributed by atoms with Crippen LogP contribution in [0.5, 0.6) is 0 Å². The van der Waals surface area contributed by atoms with Crippen molar-refractivity contribution in [2.75, 3.05) is 0 Å². The molecule has 0 fully saturated rings. The van der Waals surface area contributed by atoms with Gasteiger partial charge in [-0.1, -0.05) is 11.6 Å². The first-order valence-electron chi connectivity index (χ1n) is 5.16. The lowest BCUT2D eigenvalue weighted by atomic mass is 10.1. The van der Waals surface area contributed by atoms with Gasteiger partial charge in [-0.05, 0) is 19.1 Å². The summed E-state index contributed by atoms with van der Waals surface area (Å²) in [4.78, 5) is 15.1. The lowest BCUT2D eigenvalue weighted by molar-refractivity contribution is 0.630. The molecule has 2 heterocycles. The highest BCUT2D eigenvalue weighted by Gasteiger charge is 2.12. The van der Waals surface area contributed by atoms with E-state index >= 15 is 0 Å². The van der Waals surface area contributed by atoms with Crippen molar-refractivity contribution in [2.24, 2.45) is 0 Å². The second-order valence-electron chi connectivity index (χ2n) is 3.81. The Morgan fingerprint density at radius 1 is 1.18 bits per heavy atom. The monoisotopic (exact) mass is 228 g/mol. The largest absolute Gasteiger partial charge is 0.341 e. The molecule has 0 aliphatic carbocycles. The molecule has 0 aliphatic heterocycles. The minimum atomic E-state index is -0.301. The van der Waals surface area contributed by atoms with Gasteiger partial charge in [0.1, 0.15) is 23.4 Å². The Morgan fingerprint density at radius 3 is 2.94 bits per heavy atom. The molecule has 0 bridgehead atoms. The van der Waals surface area contributed by atoms with E-state index in [0.717, 1.165) is 5.56 Å². The highest BCUT2D eigenvalue weighted by molar-refractivity contribution is 5.86. The molecule has 0 spiro atoms. The fourth-order valence-electron chi connectivity index (χ4n) is 1.79. The third kappa shape index (κ3) is 1.56. The van der Waals surface area contributed by atoms with Crippen LogP contribution in [0, 0.1) is 12.7 Å². The van der Waals surface area contributed by atoms with E-state index in [-0.39, 0.29) is 5.82 Å². The van der Waals surface area contributed by atoms with Crippen molar-refractivity contribution in [3.63, 3.8) is 0 Å². The maximum absolute atomic E-state index is 13.8. The first kappa shape index (κ1) is 9.89. The molecule has 3 rings (SSSR count). The zero-order chi connectivity index (χ0) is 11.8. The summed E-state index contributed by atoms with van der Waals surface area (Å²) < 4.78 is 13.8. The van der Waals surface area contributed by atoms with E-state index < -0.39 is 0 Å². The smallest absolute Gasteiger partial charge is 0.181 e. The van der Waals surface area contributed by atoms with Crippen LogP contribution in [-0.4, -0.2) is 19.9 Å². The van der Waals surface area contributed by atoms with Crippen molar-refractivity contribution < 1.29 is 4.39 Å². The van der Waals surface area contributed by atoms with Crippen molar-refractivity contribution in [1.29, 1.82) is 0 Å². The van der Waals surface area contributed by atoms with Crippen LogP contribution in [0.3, 0.4) is 0 Å². The molecule has 0 radical (unpaired) electrons. The number of halogens is 1. The molecule has 1 aromatic carbocycles. The van der Waals surface area contributed by atoms with E-state index in [0.29, 0.717) is 22.4 Å². The number of aryl methyl sites for hydroxylation is 1. The molecular formula is C12H9FN4. The summed E-state index contributed by atoms with van der Waals surface area (Å²) >= 11 is 0. The van der Waals surface area contributed by atoms with Crippen LogP contribution in [0.25, 0.3) is 22.4 Å². The molecule has 1 N–H and O–H groups in total. The number of nitrogens with one attached hydrogen (secondary N) is 1. The molecule has 4 nitrogen and oxygen atoms in total. The fourth-order valence-corrected chi connectivity index (χ4v) is 1.79. The Kier molecular flexibility index (Phi) is 2.11. The normalized spacial score (nSPS) is 10.9. The molecule has 0 aliphatic rings. The summed E-state index contributed by atoms with van der Waals surface area (Å²) in [5.74, 6) is -0.301. The Morgan fingerprint density at radius 2 is 2.06 bits per heavy atom. The first-order valence-corrected chi connectivity index (χ1v) is 5.16. The van der Waals surface area contributed by atoms with E-state index in [1.165, 1.54) is 18.7 Å². The van der Waals surface area contributed by atoms with Crippen LogP contribution in [-0.2, 0) is 0 Å². The third-order valence-electron chi connectivity index (χ3n) is 2.60. The van der Waals surface area contributed by atoms with Gasteiger partial charge in [0, 0.05) is 5.56 Å². The Bertz CT molecular complexity index is 690. The minimum absolute atomic E-state index is 0.301. The second-order valence-corrected chi connectivity index (χ2v) is 3.81. The molecular weight excluding hydrogens is 219 g/mol. The van der Waals surface area contributed by atoms with Gasteiger partial charge in [0.25, 0.3) is 0 Å². The molecule has 0 amide bonds. The predicted octanol–water partition coefficient (Wildman–Crippen LogP) is 2.47. The molecule has 17 heavy (non-hydrogen) atoms. The van der Waals surface area contributed by atoms with Crippen LogP contribution in [0.15, 0.2) is 30.9 Å². The van der Waals surface area contributed by atoms with Gasteiger partial charge >= 0.3 is 0 Å². The Hall–Kier alpha value is -2.30. The van der Waals surface area contributed by atoms with Crippen LogP contribution >= 0.6 is 0 Å². The van der Waals surface area contributed by atoms with Gasteiger partial charge in [-0.3, -0.25) is 0 Å². The topological polar surface area (TPSA) is 54.5 Å². The van der Waals surface area contributed by atoms with Gasteiger partial charge in [-0.2, -0.15) is 0 Å². The SMILES string of the molecule is Cc1ccc(F)c(-c2ncnc3nc[nH]c23)c1. The van der Waals surface area contributed by atoms with Gasteiger partial charge in [0.2, 0.25) is 0 Å². The Labute approximate surface area is 96.6 Å². The van der Waals surface area contributed by atoms with Crippen molar-refractivity contribution in [2.45, 2.75) is 6.92 Å². The number of imidazole rings is 1. The zero-order valence-electron chi connectivity index (χ0n) is 9.11. The molecule has 0 unspecified atom stereocenters. The summed E-state index contributed by atoms with van der Waals surface area (Å²) in [5, 5.41) is 0. The lowest BCUT2D eigenvalue weighted by Crippen LogP contribution is -1.92. The van der Waals surface area contributed by atoms with Crippen molar-refractivity contribution in [3.8, 4) is 11.3 Å². The summed E-state index contributed by atoms with van der Waals surface area (Å²) in [5.41, 5.74) is 3.16. The predicted molar refractivity (Wildman–Crippen MR) is 61.8 cm³/mol. The molecule has 2 aromatic heterocycles. The lowest BCUT2D eigenvalue weighted by Gasteiger charge is -2.04. The summed E-state index contributed by atoms with van der Waals surface area (Å²) in [6, 6.07) is 4.93. The highest BCUT2D eigenvalue weighted by Crippen LogP contribution is 2.26. The first-order chi connectivity index (χ1) is 8.25. The van der Waals surface area contributed by atoms with Crippen LogP contribution < -0.4 is 0 Å². The molecule has 0 saturated heterocycles. The van der Waals surface area contributed by atoms with Crippen LogP contribution in [0.1, 0.15) is 5.56 Å². The van der Waals surface area contributed by atoms with Gasteiger partial charge in [-0.25, -0.2) is 19.3 Å². The van der Waals surface area contributed by atoms with Gasteiger partial charge in [0.15, 0.2) is 5.65 Å². The molecule has 0 saturated carbocycles. The van der Waals surface area contributed by atoms with Crippen LogP contribution in [0.2, 0.25) is 0 Å². The van der Waals surface area contributed by atoms with Crippen molar-refractivity contribution in [3.05, 3.63) is 42.2 Å². The van der Waals surface area contributed by atoms with Gasteiger partial charge in [-0.15, -0.1) is 0 Å². The summed E-state index contributed by atoms with van der Waals surface area (Å²) in [6.45, 7) is 1.91. The highest BCUT2D eigenvalue weighted by atomic mass is 19.1. The van der Waals surface area contributed by atoms with E-state index in [9.17, 15) is 4.39 Å². The minimum Gasteiger partial charge on any atom is -0.341 e. The number of aromatic amines is 1. The number of benzene rings is 1. The Balaban J connectivity index is 2.34. The quantitative estimate of drug-likeness (QED) is 0.696.